The highest BCUT2D eigenvalue weighted by molar-refractivity contribution is 7.92. The molecule has 150 valence electrons. The molecule has 3 rings (SSSR count). The maximum atomic E-state index is 12.8. The topological polar surface area (TPSA) is 57.7 Å². The number of anilines is 1. The number of benzene rings is 2. The Balaban J connectivity index is 1.73. The minimum absolute atomic E-state index is 0.0291. The Bertz CT molecular complexity index is 889. The fourth-order valence-electron chi connectivity index (χ4n) is 3.75. The van der Waals surface area contributed by atoms with E-state index in [1.807, 2.05) is 42.3 Å². The molecule has 5 nitrogen and oxygen atoms in total. The minimum atomic E-state index is -3.41. The Hall–Kier alpha value is -2.34. The largest absolute Gasteiger partial charge is 0.339 e. The Kier molecular flexibility index (Phi) is 6.39. The number of nitrogens with zero attached hydrogens (tertiary/aromatic N) is 2. The molecule has 0 spiro atoms. The van der Waals surface area contributed by atoms with Crippen molar-refractivity contribution in [2.45, 2.75) is 44.7 Å². The highest BCUT2D eigenvalue weighted by Crippen LogP contribution is 2.24. The van der Waals surface area contributed by atoms with Gasteiger partial charge in [-0.1, -0.05) is 49.6 Å². The summed E-state index contributed by atoms with van der Waals surface area (Å²) >= 11 is 0. The quantitative estimate of drug-likeness (QED) is 0.735. The van der Waals surface area contributed by atoms with Crippen LogP contribution in [0.25, 0.3) is 0 Å². The average Bonchev–Trinajstić information content (AvgIpc) is 2.72. The number of carbonyl (C=O) groups excluding carboxylic acids is 1. The van der Waals surface area contributed by atoms with Crippen molar-refractivity contribution in [2.24, 2.45) is 0 Å². The molecule has 6 heteroatoms. The Morgan fingerprint density at radius 3 is 2.14 bits per heavy atom. The maximum absolute atomic E-state index is 12.8. The molecule has 1 amide bonds. The van der Waals surface area contributed by atoms with Gasteiger partial charge in [0.05, 0.1) is 18.5 Å². The lowest BCUT2D eigenvalue weighted by molar-refractivity contribution is 0.0696. The molecule has 1 fully saturated rings. The van der Waals surface area contributed by atoms with Crippen LogP contribution in [0.15, 0.2) is 54.6 Å². The third-order valence-electron chi connectivity index (χ3n) is 5.41. The molecule has 1 saturated carbocycles. The zero-order valence-corrected chi connectivity index (χ0v) is 17.4. The lowest BCUT2D eigenvalue weighted by Crippen LogP contribution is -2.38. The molecule has 0 unspecified atom stereocenters. The first-order chi connectivity index (χ1) is 13.4. The third kappa shape index (κ3) is 4.93. The molecule has 2 aromatic rings. The molecule has 0 atom stereocenters. The summed E-state index contributed by atoms with van der Waals surface area (Å²) in [6.45, 7) is 0.232. The molecular formula is C22H28N2O3S. The van der Waals surface area contributed by atoms with Gasteiger partial charge in [0, 0.05) is 18.7 Å². The molecule has 28 heavy (non-hydrogen) atoms. The van der Waals surface area contributed by atoms with E-state index in [4.69, 9.17) is 0 Å². The molecule has 0 aromatic heterocycles. The van der Waals surface area contributed by atoms with Crippen LogP contribution in [0, 0.1) is 0 Å². The second-order valence-electron chi connectivity index (χ2n) is 7.51. The summed E-state index contributed by atoms with van der Waals surface area (Å²) in [5.74, 6) is 0.0291. The van der Waals surface area contributed by atoms with E-state index in [9.17, 15) is 13.2 Å². The Morgan fingerprint density at radius 2 is 1.57 bits per heavy atom. The van der Waals surface area contributed by atoms with Gasteiger partial charge in [-0.15, -0.1) is 0 Å². The van der Waals surface area contributed by atoms with Crippen LogP contribution < -0.4 is 4.31 Å². The SMILES string of the molecule is CN(C(=O)c1ccc(CN(c2ccccc2)S(C)(=O)=O)cc1)C1CCCCC1. The van der Waals surface area contributed by atoms with Crippen molar-refractivity contribution in [2.75, 3.05) is 17.6 Å². The van der Waals surface area contributed by atoms with Crippen molar-refractivity contribution < 1.29 is 13.2 Å². The first-order valence-corrected chi connectivity index (χ1v) is 11.6. The van der Waals surface area contributed by atoms with Crippen LogP contribution >= 0.6 is 0 Å². The van der Waals surface area contributed by atoms with Crippen LogP contribution in [0.2, 0.25) is 0 Å². The van der Waals surface area contributed by atoms with Gasteiger partial charge in [-0.05, 0) is 42.7 Å². The predicted octanol–water partition coefficient (Wildman–Crippen LogP) is 4.06. The fraction of sp³-hybridized carbons (Fsp3) is 0.409. The van der Waals surface area contributed by atoms with Crippen molar-refractivity contribution >= 4 is 21.6 Å². The van der Waals surface area contributed by atoms with E-state index in [1.54, 1.807) is 24.3 Å². The fourth-order valence-corrected chi connectivity index (χ4v) is 4.64. The zero-order chi connectivity index (χ0) is 20.1. The van der Waals surface area contributed by atoms with E-state index < -0.39 is 10.0 Å². The van der Waals surface area contributed by atoms with Crippen LogP contribution in [-0.4, -0.2) is 38.6 Å². The molecule has 0 radical (unpaired) electrons. The van der Waals surface area contributed by atoms with E-state index in [0.29, 0.717) is 17.3 Å². The average molecular weight is 401 g/mol. The van der Waals surface area contributed by atoms with Crippen molar-refractivity contribution in [3.63, 3.8) is 0 Å². The van der Waals surface area contributed by atoms with E-state index in [2.05, 4.69) is 0 Å². The second-order valence-corrected chi connectivity index (χ2v) is 9.42. The number of carbonyl (C=O) groups is 1. The van der Waals surface area contributed by atoms with Crippen LogP contribution in [0.1, 0.15) is 48.0 Å². The number of hydrogen-bond acceptors (Lipinski definition) is 3. The summed E-state index contributed by atoms with van der Waals surface area (Å²) < 4.78 is 25.9. The number of sulfonamides is 1. The van der Waals surface area contributed by atoms with Crippen LogP contribution in [0.5, 0.6) is 0 Å². The third-order valence-corrected chi connectivity index (χ3v) is 6.55. The molecule has 0 heterocycles. The zero-order valence-electron chi connectivity index (χ0n) is 16.5. The monoisotopic (exact) mass is 400 g/mol. The predicted molar refractivity (Wildman–Crippen MR) is 113 cm³/mol. The van der Waals surface area contributed by atoms with E-state index in [1.165, 1.54) is 29.8 Å². The molecule has 1 aliphatic rings. The number of amides is 1. The normalized spacial score (nSPS) is 15.2. The summed E-state index contributed by atoms with van der Waals surface area (Å²) in [7, 11) is -1.53. The van der Waals surface area contributed by atoms with Crippen molar-refractivity contribution in [1.29, 1.82) is 0 Å². The van der Waals surface area contributed by atoms with Gasteiger partial charge in [-0.25, -0.2) is 8.42 Å². The highest BCUT2D eigenvalue weighted by atomic mass is 32.2. The van der Waals surface area contributed by atoms with E-state index in [-0.39, 0.29) is 12.5 Å². The van der Waals surface area contributed by atoms with Gasteiger partial charge in [0.1, 0.15) is 0 Å². The van der Waals surface area contributed by atoms with Gasteiger partial charge in [0.2, 0.25) is 10.0 Å². The van der Waals surface area contributed by atoms with Gasteiger partial charge in [-0.2, -0.15) is 0 Å². The summed E-state index contributed by atoms with van der Waals surface area (Å²) in [4.78, 5) is 14.6. The first-order valence-electron chi connectivity index (χ1n) is 9.75. The van der Waals surface area contributed by atoms with Gasteiger partial charge < -0.3 is 4.90 Å². The Labute approximate surface area is 168 Å². The van der Waals surface area contributed by atoms with Gasteiger partial charge in [0.15, 0.2) is 0 Å². The summed E-state index contributed by atoms with van der Waals surface area (Å²) in [6.07, 6.45) is 6.97. The minimum Gasteiger partial charge on any atom is -0.339 e. The highest BCUT2D eigenvalue weighted by Gasteiger charge is 2.23. The van der Waals surface area contributed by atoms with Crippen LogP contribution in [0.3, 0.4) is 0 Å². The molecule has 0 N–H and O–H groups in total. The summed E-state index contributed by atoms with van der Waals surface area (Å²) in [5, 5.41) is 0. The van der Waals surface area contributed by atoms with E-state index in [0.717, 1.165) is 18.4 Å². The standard InChI is InChI=1S/C22H28N2O3S/c1-23(20-9-5-3-6-10-20)22(25)19-15-13-18(14-16-19)17-24(28(2,26)27)21-11-7-4-8-12-21/h4,7-8,11-16,20H,3,5-6,9-10,17H2,1-2H3. The van der Waals surface area contributed by atoms with Crippen molar-refractivity contribution in [3.8, 4) is 0 Å². The van der Waals surface area contributed by atoms with Gasteiger partial charge in [-0.3, -0.25) is 9.10 Å². The molecule has 1 aliphatic carbocycles. The Morgan fingerprint density at radius 1 is 0.964 bits per heavy atom. The summed E-state index contributed by atoms with van der Waals surface area (Å²) in [6, 6.07) is 16.6. The number of rotatable bonds is 6. The lowest BCUT2D eigenvalue weighted by Gasteiger charge is -2.31. The lowest BCUT2D eigenvalue weighted by atomic mass is 9.94. The van der Waals surface area contributed by atoms with Crippen LogP contribution in [0.4, 0.5) is 5.69 Å². The van der Waals surface area contributed by atoms with E-state index >= 15 is 0 Å². The molecule has 0 bridgehead atoms. The molecule has 0 aliphatic heterocycles. The molecular weight excluding hydrogens is 372 g/mol. The summed E-state index contributed by atoms with van der Waals surface area (Å²) in [5.41, 5.74) is 2.11. The van der Waals surface area contributed by atoms with Crippen molar-refractivity contribution in [3.05, 3.63) is 65.7 Å². The number of para-hydroxylation sites is 1. The first kappa shape index (κ1) is 20.4. The molecule has 2 aromatic carbocycles. The van der Waals surface area contributed by atoms with Crippen molar-refractivity contribution in [1.82, 2.24) is 4.90 Å². The van der Waals surface area contributed by atoms with Crippen LogP contribution in [-0.2, 0) is 16.6 Å². The number of hydrogen-bond donors (Lipinski definition) is 0. The maximum Gasteiger partial charge on any atom is 0.253 e. The van der Waals surface area contributed by atoms with Gasteiger partial charge >= 0.3 is 0 Å². The van der Waals surface area contributed by atoms with Gasteiger partial charge in [0.25, 0.3) is 5.91 Å². The molecule has 0 saturated heterocycles. The smallest absolute Gasteiger partial charge is 0.253 e. The second kappa shape index (κ2) is 8.78.